The third-order valence-corrected chi connectivity index (χ3v) is 3.41. The highest BCUT2D eigenvalue weighted by molar-refractivity contribution is 7.09. The van der Waals surface area contributed by atoms with Crippen molar-refractivity contribution in [3.05, 3.63) is 16.1 Å². The van der Waals surface area contributed by atoms with Crippen molar-refractivity contribution < 1.29 is 4.79 Å². The van der Waals surface area contributed by atoms with Crippen LogP contribution in [0.4, 0.5) is 0 Å². The molecule has 1 aromatic heterocycles. The number of thiazole rings is 1. The molecule has 4 nitrogen and oxygen atoms in total. The summed E-state index contributed by atoms with van der Waals surface area (Å²) in [6.07, 6.45) is 0.734. The zero-order valence-electron chi connectivity index (χ0n) is 10.4. The Morgan fingerprint density at radius 2 is 2.18 bits per heavy atom. The van der Waals surface area contributed by atoms with E-state index >= 15 is 0 Å². The molecule has 1 heterocycles. The Kier molecular flexibility index (Phi) is 7.34. The lowest BCUT2D eigenvalue weighted by atomic mass is 10.1. The predicted octanol–water partition coefficient (Wildman–Crippen LogP) is 1.84. The summed E-state index contributed by atoms with van der Waals surface area (Å²) >= 11 is 1.49. The molecule has 0 saturated heterocycles. The Morgan fingerprint density at radius 1 is 1.53 bits per heavy atom. The summed E-state index contributed by atoms with van der Waals surface area (Å²) < 4.78 is 0. The Hall–Kier alpha value is -0.650. The summed E-state index contributed by atoms with van der Waals surface area (Å²) in [6.45, 7) is 6.71. The van der Waals surface area contributed by atoms with Gasteiger partial charge >= 0.3 is 0 Å². The van der Waals surface area contributed by atoms with E-state index in [0.29, 0.717) is 18.2 Å². The normalized spacial score (nSPS) is 12.1. The number of carbonyl (C=O) groups excluding carboxylic acids is 1. The molecule has 1 unspecified atom stereocenters. The van der Waals surface area contributed by atoms with E-state index in [0.717, 1.165) is 11.4 Å². The first-order valence-electron chi connectivity index (χ1n) is 5.50. The van der Waals surface area contributed by atoms with Crippen LogP contribution in [0.2, 0.25) is 0 Å². The summed E-state index contributed by atoms with van der Waals surface area (Å²) in [4.78, 5) is 16.0. The van der Waals surface area contributed by atoms with Crippen molar-refractivity contribution in [3.8, 4) is 0 Å². The second-order valence-corrected chi connectivity index (χ2v) is 5.11. The Balaban J connectivity index is 0.00000256. The minimum atomic E-state index is -0.0966. The fourth-order valence-electron chi connectivity index (χ4n) is 1.10. The van der Waals surface area contributed by atoms with Gasteiger partial charge in [0, 0.05) is 17.8 Å². The fourth-order valence-corrected chi connectivity index (χ4v) is 1.90. The fraction of sp³-hybridized carbons (Fsp3) is 0.636. The number of nitrogens with zero attached hydrogens (tertiary/aromatic N) is 1. The Bertz CT molecular complexity index is 354. The Morgan fingerprint density at radius 3 is 2.71 bits per heavy atom. The predicted molar refractivity (Wildman–Crippen MR) is 73.9 cm³/mol. The zero-order valence-corrected chi connectivity index (χ0v) is 12.0. The molecule has 0 bridgehead atoms. The molecule has 6 heteroatoms. The molecule has 0 saturated carbocycles. The maximum Gasteiger partial charge on any atom is 0.270 e. The molecule has 0 aromatic carbocycles. The van der Waals surface area contributed by atoms with Crippen LogP contribution < -0.4 is 11.1 Å². The van der Waals surface area contributed by atoms with Gasteiger partial charge in [0.15, 0.2) is 0 Å². The number of nitrogens with one attached hydrogen (secondary N) is 1. The van der Waals surface area contributed by atoms with E-state index in [2.05, 4.69) is 24.1 Å². The second kappa shape index (κ2) is 7.63. The molecule has 3 N–H and O–H groups in total. The highest BCUT2D eigenvalue weighted by Gasteiger charge is 2.14. The first-order chi connectivity index (χ1) is 7.54. The average Bonchev–Trinajstić information content (AvgIpc) is 2.66. The standard InChI is InChI=1S/C11H19N3OS.ClH/c1-7(2)8(3)13-11(15)9-6-16-10(14-9)4-5-12;/h6-8H,4-5,12H2,1-3H3,(H,13,15);1H. The van der Waals surface area contributed by atoms with Crippen molar-refractivity contribution in [1.29, 1.82) is 0 Å². The molecule has 1 atom stereocenters. The molecule has 17 heavy (non-hydrogen) atoms. The van der Waals surface area contributed by atoms with E-state index in [-0.39, 0.29) is 24.4 Å². The van der Waals surface area contributed by atoms with Gasteiger partial charge in [0.1, 0.15) is 5.69 Å². The highest BCUT2D eigenvalue weighted by atomic mass is 35.5. The van der Waals surface area contributed by atoms with Crippen LogP contribution in [0, 0.1) is 5.92 Å². The van der Waals surface area contributed by atoms with Gasteiger partial charge < -0.3 is 11.1 Å². The summed E-state index contributed by atoms with van der Waals surface area (Å²) in [7, 11) is 0. The number of carbonyl (C=O) groups is 1. The molecule has 0 spiro atoms. The van der Waals surface area contributed by atoms with Gasteiger partial charge in [-0.15, -0.1) is 23.7 Å². The number of hydrogen-bond acceptors (Lipinski definition) is 4. The lowest BCUT2D eigenvalue weighted by Gasteiger charge is -2.16. The van der Waals surface area contributed by atoms with Crippen LogP contribution in [-0.2, 0) is 6.42 Å². The molecular formula is C11H20ClN3OS. The van der Waals surface area contributed by atoms with Crippen LogP contribution >= 0.6 is 23.7 Å². The largest absolute Gasteiger partial charge is 0.348 e. The van der Waals surface area contributed by atoms with Gasteiger partial charge in [-0.3, -0.25) is 4.79 Å². The van der Waals surface area contributed by atoms with Gasteiger partial charge in [0.05, 0.1) is 5.01 Å². The highest BCUT2D eigenvalue weighted by Crippen LogP contribution is 2.10. The lowest BCUT2D eigenvalue weighted by molar-refractivity contribution is 0.0926. The summed E-state index contributed by atoms with van der Waals surface area (Å²) in [5.41, 5.74) is 5.93. The molecule has 1 rings (SSSR count). The zero-order chi connectivity index (χ0) is 12.1. The number of nitrogens with two attached hydrogens (primary N) is 1. The maximum absolute atomic E-state index is 11.8. The first-order valence-corrected chi connectivity index (χ1v) is 6.38. The molecule has 0 aliphatic heterocycles. The van der Waals surface area contributed by atoms with Crippen LogP contribution in [0.1, 0.15) is 36.3 Å². The number of amides is 1. The van der Waals surface area contributed by atoms with E-state index in [1.807, 2.05) is 6.92 Å². The topological polar surface area (TPSA) is 68.0 Å². The molecule has 0 radical (unpaired) electrons. The van der Waals surface area contributed by atoms with Crippen LogP contribution in [0.5, 0.6) is 0 Å². The molecular weight excluding hydrogens is 258 g/mol. The van der Waals surface area contributed by atoms with Crippen molar-refractivity contribution in [1.82, 2.24) is 10.3 Å². The minimum Gasteiger partial charge on any atom is -0.348 e. The van der Waals surface area contributed by atoms with E-state index in [9.17, 15) is 4.79 Å². The SMILES string of the molecule is CC(C)C(C)NC(=O)c1csc(CCN)n1.Cl. The van der Waals surface area contributed by atoms with Crippen LogP contribution in [0.15, 0.2) is 5.38 Å². The van der Waals surface area contributed by atoms with E-state index in [4.69, 9.17) is 5.73 Å². The third kappa shape index (κ3) is 5.02. The Labute approximate surface area is 112 Å². The van der Waals surface area contributed by atoms with Crippen molar-refractivity contribution in [2.45, 2.75) is 33.2 Å². The molecule has 1 aromatic rings. The summed E-state index contributed by atoms with van der Waals surface area (Å²) in [6, 6.07) is 0.159. The average molecular weight is 278 g/mol. The molecule has 0 aliphatic carbocycles. The van der Waals surface area contributed by atoms with Crippen molar-refractivity contribution in [3.63, 3.8) is 0 Å². The minimum absolute atomic E-state index is 0. The first kappa shape index (κ1) is 16.4. The van der Waals surface area contributed by atoms with Crippen molar-refractivity contribution in [2.24, 2.45) is 11.7 Å². The van der Waals surface area contributed by atoms with Crippen molar-refractivity contribution in [2.75, 3.05) is 6.54 Å². The van der Waals surface area contributed by atoms with Crippen LogP contribution in [-0.4, -0.2) is 23.5 Å². The quantitative estimate of drug-likeness (QED) is 0.863. The molecule has 98 valence electrons. The second-order valence-electron chi connectivity index (χ2n) is 4.17. The summed E-state index contributed by atoms with van der Waals surface area (Å²) in [5.74, 6) is 0.326. The van der Waals surface area contributed by atoms with Crippen molar-refractivity contribution >= 4 is 29.7 Å². The van der Waals surface area contributed by atoms with Gasteiger partial charge in [0.25, 0.3) is 5.91 Å². The van der Waals surface area contributed by atoms with Gasteiger partial charge in [-0.05, 0) is 19.4 Å². The van der Waals surface area contributed by atoms with Gasteiger partial charge in [-0.1, -0.05) is 13.8 Å². The lowest BCUT2D eigenvalue weighted by Crippen LogP contribution is -2.36. The molecule has 1 amide bonds. The van der Waals surface area contributed by atoms with Gasteiger partial charge in [-0.25, -0.2) is 4.98 Å². The monoisotopic (exact) mass is 277 g/mol. The third-order valence-electron chi connectivity index (χ3n) is 2.50. The van der Waals surface area contributed by atoms with Crippen LogP contribution in [0.25, 0.3) is 0 Å². The van der Waals surface area contributed by atoms with Gasteiger partial charge in [-0.2, -0.15) is 0 Å². The van der Waals surface area contributed by atoms with Gasteiger partial charge in [0.2, 0.25) is 0 Å². The van der Waals surface area contributed by atoms with E-state index in [1.54, 1.807) is 5.38 Å². The maximum atomic E-state index is 11.8. The number of rotatable bonds is 5. The number of hydrogen-bond donors (Lipinski definition) is 2. The van der Waals surface area contributed by atoms with Crippen LogP contribution in [0.3, 0.4) is 0 Å². The summed E-state index contributed by atoms with van der Waals surface area (Å²) in [5, 5.41) is 5.63. The van der Waals surface area contributed by atoms with E-state index < -0.39 is 0 Å². The number of aromatic nitrogens is 1. The smallest absolute Gasteiger partial charge is 0.270 e. The molecule has 0 fully saturated rings. The number of halogens is 1. The molecule has 0 aliphatic rings. The van der Waals surface area contributed by atoms with E-state index in [1.165, 1.54) is 11.3 Å².